The smallest absolute Gasteiger partial charge is 0.191 e. The number of aryl methyl sites for hydroxylation is 1. The Balaban J connectivity index is 1.67. The van der Waals surface area contributed by atoms with Crippen LogP contribution in [0.5, 0.6) is 5.75 Å². The second-order valence-electron chi connectivity index (χ2n) is 5.54. The number of hydrogen-bond acceptors (Lipinski definition) is 2. The van der Waals surface area contributed by atoms with E-state index in [0.717, 1.165) is 50.1 Å². The highest BCUT2D eigenvalue weighted by Gasteiger charge is 2.20. The molecule has 21 heavy (non-hydrogen) atoms. The molecule has 4 heteroatoms. The highest BCUT2D eigenvalue weighted by atomic mass is 16.5. The predicted octanol–water partition coefficient (Wildman–Crippen LogP) is 2.59. The maximum absolute atomic E-state index is 5.17. The van der Waals surface area contributed by atoms with E-state index in [1.54, 1.807) is 7.11 Å². The van der Waals surface area contributed by atoms with Gasteiger partial charge in [-0.15, -0.1) is 0 Å². The first-order chi connectivity index (χ1) is 10.3. The van der Waals surface area contributed by atoms with E-state index in [-0.39, 0.29) is 0 Å². The fourth-order valence-electron chi connectivity index (χ4n) is 2.15. The lowest BCUT2D eigenvalue weighted by molar-refractivity contribution is 0.414. The van der Waals surface area contributed by atoms with Gasteiger partial charge in [-0.2, -0.15) is 0 Å². The Labute approximate surface area is 128 Å². The summed E-state index contributed by atoms with van der Waals surface area (Å²) in [6.07, 6.45) is 4.86. The van der Waals surface area contributed by atoms with Gasteiger partial charge in [0.2, 0.25) is 0 Å². The summed E-state index contributed by atoms with van der Waals surface area (Å²) in [4.78, 5) is 4.62. The van der Waals surface area contributed by atoms with Crippen molar-refractivity contribution in [2.24, 2.45) is 10.9 Å². The van der Waals surface area contributed by atoms with Crippen LogP contribution in [-0.2, 0) is 6.42 Å². The number of aliphatic imine (C=N–C) groups is 1. The molecular weight excluding hydrogens is 262 g/mol. The summed E-state index contributed by atoms with van der Waals surface area (Å²) < 4.78 is 5.17. The SMILES string of the molecule is CCNC(=NCC1CC1)NCCCc1ccc(OC)cc1. The third-order valence-electron chi connectivity index (χ3n) is 3.64. The van der Waals surface area contributed by atoms with E-state index in [1.807, 2.05) is 12.1 Å². The first-order valence-electron chi connectivity index (χ1n) is 7.97. The van der Waals surface area contributed by atoms with E-state index in [1.165, 1.54) is 18.4 Å². The number of benzene rings is 1. The molecule has 0 atom stereocenters. The number of guanidine groups is 1. The van der Waals surface area contributed by atoms with Crippen LogP contribution in [0.15, 0.2) is 29.3 Å². The summed E-state index contributed by atoms with van der Waals surface area (Å²) in [5, 5.41) is 6.71. The van der Waals surface area contributed by atoms with E-state index in [4.69, 9.17) is 4.74 Å². The van der Waals surface area contributed by atoms with Gasteiger partial charge in [0.25, 0.3) is 0 Å². The van der Waals surface area contributed by atoms with Gasteiger partial charge in [0.05, 0.1) is 7.11 Å². The van der Waals surface area contributed by atoms with Crippen molar-refractivity contribution in [1.82, 2.24) is 10.6 Å². The van der Waals surface area contributed by atoms with Crippen LogP contribution < -0.4 is 15.4 Å². The van der Waals surface area contributed by atoms with Gasteiger partial charge in [0, 0.05) is 19.6 Å². The van der Waals surface area contributed by atoms with Crippen LogP contribution in [-0.4, -0.2) is 32.7 Å². The van der Waals surface area contributed by atoms with Crippen molar-refractivity contribution in [3.05, 3.63) is 29.8 Å². The van der Waals surface area contributed by atoms with Crippen LogP contribution in [0.4, 0.5) is 0 Å². The number of rotatable bonds is 8. The summed E-state index contributed by atoms with van der Waals surface area (Å²) in [6.45, 7) is 4.93. The molecule has 0 amide bonds. The van der Waals surface area contributed by atoms with E-state index >= 15 is 0 Å². The molecule has 0 heterocycles. The van der Waals surface area contributed by atoms with Crippen LogP contribution >= 0.6 is 0 Å². The predicted molar refractivity (Wildman–Crippen MR) is 88.0 cm³/mol. The second kappa shape index (κ2) is 8.55. The monoisotopic (exact) mass is 289 g/mol. The first kappa shape index (κ1) is 15.7. The average Bonchev–Trinajstić information content (AvgIpc) is 3.34. The van der Waals surface area contributed by atoms with Crippen molar-refractivity contribution in [3.63, 3.8) is 0 Å². The largest absolute Gasteiger partial charge is 0.497 e. The third-order valence-corrected chi connectivity index (χ3v) is 3.64. The molecule has 1 aromatic rings. The summed E-state index contributed by atoms with van der Waals surface area (Å²) >= 11 is 0. The van der Waals surface area contributed by atoms with Gasteiger partial charge in [-0.3, -0.25) is 4.99 Å². The number of nitrogens with one attached hydrogen (secondary N) is 2. The zero-order valence-corrected chi connectivity index (χ0v) is 13.2. The zero-order chi connectivity index (χ0) is 14.9. The van der Waals surface area contributed by atoms with Crippen molar-refractivity contribution in [2.75, 3.05) is 26.7 Å². The Morgan fingerprint density at radius 2 is 2.00 bits per heavy atom. The normalized spacial score (nSPS) is 14.9. The van der Waals surface area contributed by atoms with E-state index in [9.17, 15) is 0 Å². The van der Waals surface area contributed by atoms with Gasteiger partial charge in [0.1, 0.15) is 5.75 Å². The molecule has 2 rings (SSSR count). The maximum atomic E-state index is 5.17. The molecule has 0 aromatic heterocycles. The van der Waals surface area contributed by atoms with Crippen molar-refractivity contribution in [1.29, 1.82) is 0 Å². The van der Waals surface area contributed by atoms with Crippen LogP contribution in [0.1, 0.15) is 31.7 Å². The summed E-state index contributed by atoms with van der Waals surface area (Å²) in [7, 11) is 1.70. The van der Waals surface area contributed by atoms with Gasteiger partial charge in [-0.05, 0) is 56.2 Å². The molecule has 1 fully saturated rings. The van der Waals surface area contributed by atoms with E-state index < -0.39 is 0 Å². The van der Waals surface area contributed by atoms with Gasteiger partial charge in [-0.1, -0.05) is 12.1 Å². The molecule has 0 bridgehead atoms. The topological polar surface area (TPSA) is 45.7 Å². The van der Waals surface area contributed by atoms with Gasteiger partial charge >= 0.3 is 0 Å². The Morgan fingerprint density at radius 1 is 1.24 bits per heavy atom. The Morgan fingerprint density at radius 3 is 2.62 bits per heavy atom. The quantitative estimate of drug-likeness (QED) is 0.439. The average molecular weight is 289 g/mol. The molecule has 1 aromatic carbocycles. The lowest BCUT2D eigenvalue weighted by atomic mass is 10.1. The molecule has 0 saturated heterocycles. The molecule has 0 aliphatic heterocycles. The molecule has 1 aliphatic carbocycles. The Kier molecular flexibility index (Phi) is 6.38. The standard InChI is InChI=1S/C17H27N3O/c1-3-18-17(20-13-15-6-7-15)19-12-4-5-14-8-10-16(21-2)11-9-14/h8-11,15H,3-7,12-13H2,1-2H3,(H2,18,19,20). The minimum absolute atomic E-state index is 0.833. The van der Waals surface area contributed by atoms with Gasteiger partial charge in [0.15, 0.2) is 5.96 Å². The third kappa shape index (κ3) is 6.06. The molecule has 1 saturated carbocycles. The molecule has 116 valence electrons. The fraction of sp³-hybridized carbons (Fsp3) is 0.588. The van der Waals surface area contributed by atoms with Crippen molar-refractivity contribution in [2.45, 2.75) is 32.6 Å². The van der Waals surface area contributed by atoms with Crippen LogP contribution in [0.3, 0.4) is 0 Å². The minimum atomic E-state index is 0.833. The highest BCUT2D eigenvalue weighted by molar-refractivity contribution is 5.79. The fourth-order valence-corrected chi connectivity index (χ4v) is 2.15. The minimum Gasteiger partial charge on any atom is -0.497 e. The zero-order valence-electron chi connectivity index (χ0n) is 13.2. The highest BCUT2D eigenvalue weighted by Crippen LogP contribution is 2.28. The number of hydrogen-bond donors (Lipinski definition) is 2. The molecule has 2 N–H and O–H groups in total. The second-order valence-corrected chi connectivity index (χ2v) is 5.54. The van der Waals surface area contributed by atoms with E-state index in [2.05, 4.69) is 34.7 Å². The van der Waals surface area contributed by atoms with Crippen molar-refractivity contribution < 1.29 is 4.74 Å². The Bertz CT molecular complexity index is 438. The molecule has 4 nitrogen and oxygen atoms in total. The van der Waals surface area contributed by atoms with Crippen LogP contribution in [0.2, 0.25) is 0 Å². The number of ether oxygens (including phenoxy) is 1. The molecule has 0 spiro atoms. The maximum Gasteiger partial charge on any atom is 0.191 e. The molecule has 1 aliphatic rings. The molecular formula is C17H27N3O. The van der Waals surface area contributed by atoms with Gasteiger partial charge < -0.3 is 15.4 Å². The first-order valence-corrected chi connectivity index (χ1v) is 7.97. The van der Waals surface area contributed by atoms with Crippen molar-refractivity contribution in [3.8, 4) is 5.75 Å². The summed E-state index contributed by atoms with van der Waals surface area (Å²) in [5.74, 6) is 2.71. The van der Waals surface area contributed by atoms with Gasteiger partial charge in [-0.25, -0.2) is 0 Å². The number of nitrogens with zero attached hydrogens (tertiary/aromatic N) is 1. The Hall–Kier alpha value is -1.71. The van der Waals surface area contributed by atoms with Crippen molar-refractivity contribution >= 4 is 5.96 Å². The lowest BCUT2D eigenvalue weighted by Gasteiger charge is -2.11. The van der Waals surface area contributed by atoms with Crippen LogP contribution in [0, 0.1) is 5.92 Å². The molecule has 0 radical (unpaired) electrons. The molecule has 0 unspecified atom stereocenters. The number of methoxy groups -OCH3 is 1. The lowest BCUT2D eigenvalue weighted by Crippen LogP contribution is -2.38. The summed E-state index contributed by atoms with van der Waals surface area (Å²) in [5.41, 5.74) is 1.34. The van der Waals surface area contributed by atoms with E-state index in [0.29, 0.717) is 0 Å². The summed E-state index contributed by atoms with van der Waals surface area (Å²) in [6, 6.07) is 8.30. The van der Waals surface area contributed by atoms with Crippen LogP contribution in [0.25, 0.3) is 0 Å².